The highest BCUT2D eigenvalue weighted by atomic mass is 32.2. The highest BCUT2D eigenvalue weighted by Crippen LogP contribution is 2.21. The fraction of sp³-hybridized carbons (Fsp3) is 0.333. The second-order valence-electron chi connectivity index (χ2n) is 6.69. The Hall–Kier alpha value is -2.71. The molecule has 8 heteroatoms. The van der Waals surface area contributed by atoms with Gasteiger partial charge in [-0.15, -0.1) is 0 Å². The van der Waals surface area contributed by atoms with E-state index in [1.54, 1.807) is 12.1 Å². The number of benzene rings is 2. The zero-order chi connectivity index (χ0) is 20.7. The molecule has 29 heavy (non-hydrogen) atoms. The zero-order valence-corrected chi connectivity index (χ0v) is 17.2. The minimum atomic E-state index is -3.59. The van der Waals surface area contributed by atoms with Crippen molar-refractivity contribution in [2.45, 2.75) is 31.1 Å². The molecule has 3 rings (SSSR count). The van der Waals surface area contributed by atoms with E-state index in [-0.39, 0.29) is 10.5 Å². The maximum Gasteiger partial charge on any atom is 0.271 e. The van der Waals surface area contributed by atoms with Gasteiger partial charge in [0.2, 0.25) is 10.0 Å². The van der Waals surface area contributed by atoms with E-state index in [0.29, 0.717) is 19.7 Å². The molecule has 1 aliphatic heterocycles. The topological polar surface area (TPSA) is 88.1 Å². The maximum atomic E-state index is 12.8. The Balaban J connectivity index is 1.66. The number of rotatable bonds is 7. The molecular weight excluding hydrogens is 390 g/mol. The first-order chi connectivity index (χ1) is 14.0. The number of ether oxygens (including phenoxy) is 1. The van der Waals surface area contributed by atoms with Crippen LogP contribution in [0.5, 0.6) is 5.75 Å². The number of nitrogens with zero attached hydrogens (tertiary/aromatic N) is 2. The fourth-order valence-corrected chi connectivity index (χ4v) is 4.66. The van der Waals surface area contributed by atoms with Crippen molar-refractivity contribution in [3.8, 4) is 5.75 Å². The molecule has 0 saturated carbocycles. The molecule has 1 N–H and O–H groups in total. The fourth-order valence-electron chi connectivity index (χ4n) is 3.10. The number of amides is 1. The van der Waals surface area contributed by atoms with E-state index in [9.17, 15) is 13.2 Å². The van der Waals surface area contributed by atoms with Crippen LogP contribution in [-0.4, -0.2) is 44.5 Å². The van der Waals surface area contributed by atoms with Crippen molar-refractivity contribution in [3.05, 3.63) is 59.7 Å². The Morgan fingerprint density at radius 3 is 2.55 bits per heavy atom. The summed E-state index contributed by atoms with van der Waals surface area (Å²) in [4.78, 5) is 12.5. The van der Waals surface area contributed by atoms with Crippen LogP contribution < -0.4 is 10.2 Å². The monoisotopic (exact) mass is 415 g/mol. The van der Waals surface area contributed by atoms with Crippen LogP contribution in [0.25, 0.3) is 0 Å². The standard InChI is InChI=1S/C21H25N3O4S/c1-2-28-19-11-9-17(10-12-19)16-22-23-21(25)18-7-6-8-20(15-18)29(26,27)24-13-4-3-5-14-24/h6-12,15-16H,2-5,13-14H2,1H3,(H,23,25)/b22-16+. The first-order valence-electron chi connectivity index (χ1n) is 9.67. The quantitative estimate of drug-likeness (QED) is 0.556. The van der Waals surface area contributed by atoms with Crippen molar-refractivity contribution in [2.24, 2.45) is 5.10 Å². The van der Waals surface area contributed by atoms with Gasteiger partial charge in [-0.2, -0.15) is 9.41 Å². The lowest BCUT2D eigenvalue weighted by atomic mass is 10.2. The van der Waals surface area contributed by atoms with Crippen LogP contribution in [0, 0.1) is 0 Å². The lowest BCUT2D eigenvalue weighted by Crippen LogP contribution is -2.35. The molecule has 0 bridgehead atoms. The minimum absolute atomic E-state index is 0.127. The van der Waals surface area contributed by atoms with Gasteiger partial charge in [0.15, 0.2) is 0 Å². The molecule has 0 unspecified atom stereocenters. The molecule has 0 spiro atoms. The number of hydrogen-bond acceptors (Lipinski definition) is 5. The number of hydrazone groups is 1. The third kappa shape index (κ3) is 5.42. The first-order valence-corrected chi connectivity index (χ1v) is 11.1. The van der Waals surface area contributed by atoms with Gasteiger partial charge in [0.05, 0.1) is 17.7 Å². The summed E-state index contributed by atoms with van der Waals surface area (Å²) >= 11 is 0. The number of nitrogens with one attached hydrogen (secondary N) is 1. The molecule has 2 aromatic rings. The number of piperidine rings is 1. The highest BCUT2D eigenvalue weighted by Gasteiger charge is 2.26. The predicted molar refractivity (Wildman–Crippen MR) is 112 cm³/mol. The summed E-state index contributed by atoms with van der Waals surface area (Å²) in [5, 5.41) is 3.95. The second kappa shape index (κ2) is 9.67. The molecule has 7 nitrogen and oxygen atoms in total. The Morgan fingerprint density at radius 2 is 1.86 bits per heavy atom. The summed E-state index contributed by atoms with van der Waals surface area (Å²) < 4.78 is 32.4. The minimum Gasteiger partial charge on any atom is -0.494 e. The third-order valence-corrected chi connectivity index (χ3v) is 6.51. The van der Waals surface area contributed by atoms with Gasteiger partial charge in [-0.25, -0.2) is 13.8 Å². The summed E-state index contributed by atoms with van der Waals surface area (Å²) in [5.41, 5.74) is 3.48. The van der Waals surface area contributed by atoms with Crippen molar-refractivity contribution in [2.75, 3.05) is 19.7 Å². The van der Waals surface area contributed by atoms with E-state index < -0.39 is 15.9 Å². The summed E-state index contributed by atoms with van der Waals surface area (Å²) in [5.74, 6) is 0.295. The van der Waals surface area contributed by atoms with Crippen LogP contribution in [0.2, 0.25) is 0 Å². The molecule has 0 radical (unpaired) electrons. The smallest absolute Gasteiger partial charge is 0.271 e. The largest absolute Gasteiger partial charge is 0.494 e. The molecule has 1 aliphatic rings. The van der Waals surface area contributed by atoms with Crippen LogP contribution >= 0.6 is 0 Å². The van der Waals surface area contributed by atoms with Crippen molar-refractivity contribution < 1.29 is 17.9 Å². The molecule has 0 aromatic heterocycles. The molecule has 1 amide bonds. The Bertz CT molecular complexity index is 966. The zero-order valence-electron chi connectivity index (χ0n) is 16.4. The summed E-state index contributed by atoms with van der Waals surface area (Å²) in [6.07, 6.45) is 4.28. The molecule has 2 aromatic carbocycles. The van der Waals surface area contributed by atoms with Crippen molar-refractivity contribution >= 4 is 22.1 Å². The van der Waals surface area contributed by atoms with E-state index in [1.807, 2.05) is 31.2 Å². The lowest BCUT2D eigenvalue weighted by Gasteiger charge is -2.25. The molecule has 1 saturated heterocycles. The van der Waals surface area contributed by atoms with Gasteiger partial charge in [0, 0.05) is 18.7 Å². The van der Waals surface area contributed by atoms with E-state index in [1.165, 1.54) is 22.7 Å². The normalized spacial score (nSPS) is 15.3. The average molecular weight is 416 g/mol. The van der Waals surface area contributed by atoms with Crippen molar-refractivity contribution in [3.63, 3.8) is 0 Å². The Labute approximate surface area is 171 Å². The highest BCUT2D eigenvalue weighted by molar-refractivity contribution is 7.89. The van der Waals surface area contributed by atoms with Crippen LogP contribution in [0.1, 0.15) is 42.1 Å². The maximum absolute atomic E-state index is 12.8. The molecule has 1 heterocycles. The van der Waals surface area contributed by atoms with Crippen LogP contribution in [0.15, 0.2) is 58.5 Å². The van der Waals surface area contributed by atoms with E-state index in [0.717, 1.165) is 30.6 Å². The Kier molecular flexibility index (Phi) is 7.00. The lowest BCUT2D eigenvalue weighted by molar-refractivity contribution is 0.0955. The van der Waals surface area contributed by atoms with E-state index in [4.69, 9.17) is 4.74 Å². The van der Waals surface area contributed by atoms with Gasteiger partial charge in [0.25, 0.3) is 5.91 Å². The van der Waals surface area contributed by atoms with Crippen LogP contribution in [-0.2, 0) is 10.0 Å². The van der Waals surface area contributed by atoms with Gasteiger partial charge in [-0.3, -0.25) is 4.79 Å². The average Bonchev–Trinajstić information content (AvgIpc) is 2.76. The van der Waals surface area contributed by atoms with Gasteiger partial charge in [-0.1, -0.05) is 12.5 Å². The third-order valence-electron chi connectivity index (χ3n) is 4.62. The van der Waals surface area contributed by atoms with Crippen LogP contribution in [0.4, 0.5) is 0 Å². The predicted octanol–water partition coefficient (Wildman–Crippen LogP) is 3.02. The van der Waals surface area contributed by atoms with Gasteiger partial charge in [-0.05, 0) is 67.8 Å². The summed E-state index contributed by atoms with van der Waals surface area (Å²) in [6, 6.07) is 13.3. The molecule has 154 valence electrons. The van der Waals surface area contributed by atoms with Gasteiger partial charge < -0.3 is 4.74 Å². The molecule has 0 aliphatic carbocycles. The van der Waals surface area contributed by atoms with Crippen molar-refractivity contribution in [1.82, 2.24) is 9.73 Å². The van der Waals surface area contributed by atoms with E-state index >= 15 is 0 Å². The second-order valence-corrected chi connectivity index (χ2v) is 8.63. The van der Waals surface area contributed by atoms with Gasteiger partial charge >= 0.3 is 0 Å². The van der Waals surface area contributed by atoms with Crippen LogP contribution in [0.3, 0.4) is 0 Å². The SMILES string of the molecule is CCOc1ccc(/C=N/NC(=O)c2cccc(S(=O)(=O)N3CCCCC3)c2)cc1. The Morgan fingerprint density at radius 1 is 1.14 bits per heavy atom. The number of carbonyl (C=O) groups excluding carboxylic acids is 1. The van der Waals surface area contributed by atoms with E-state index in [2.05, 4.69) is 10.5 Å². The van der Waals surface area contributed by atoms with Crippen molar-refractivity contribution in [1.29, 1.82) is 0 Å². The number of carbonyl (C=O) groups is 1. The number of sulfonamides is 1. The first kappa shape index (κ1) is 21.0. The molecule has 0 atom stereocenters. The summed E-state index contributed by atoms with van der Waals surface area (Å²) in [6.45, 7) is 3.55. The summed E-state index contributed by atoms with van der Waals surface area (Å²) in [7, 11) is -3.59. The number of hydrogen-bond donors (Lipinski definition) is 1. The van der Waals surface area contributed by atoms with Gasteiger partial charge in [0.1, 0.15) is 5.75 Å². The molecular formula is C21H25N3O4S. The molecule has 1 fully saturated rings.